The summed E-state index contributed by atoms with van der Waals surface area (Å²) in [6.45, 7) is 29.3. The van der Waals surface area contributed by atoms with Gasteiger partial charge in [-0.15, -0.1) is 0 Å². The van der Waals surface area contributed by atoms with Gasteiger partial charge in [-0.25, -0.2) is 0 Å². The van der Waals surface area contributed by atoms with E-state index in [1.54, 1.807) is 54.5 Å². The molecule has 0 spiro atoms. The Hall–Kier alpha value is -6.13. The van der Waals surface area contributed by atoms with Gasteiger partial charge >= 0.3 is 0 Å². The molecule has 0 radical (unpaired) electrons. The fourth-order valence-corrected chi connectivity index (χ4v) is 10.7. The minimum absolute atomic E-state index is 0.0229. The molecule has 0 aromatic heterocycles. The van der Waals surface area contributed by atoms with E-state index in [1.807, 2.05) is 61.5 Å². The van der Waals surface area contributed by atoms with Crippen LogP contribution in [0.1, 0.15) is 156 Å². The third kappa shape index (κ3) is 21.7. The highest BCUT2D eigenvalue weighted by Crippen LogP contribution is 2.26. The largest absolute Gasteiger partial charge is 0.390 e. The normalized spacial score (nSPS) is 26.9. The van der Waals surface area contributed by atoms with Gasteiger partial charge in [-0.1, -0.05) is 109 Å². The lowest BCUT2D eigenvalue weighted by Gasteiger charge is -2.41. The average molecular weight is 1200 g/mol. The van der Waals surface area contributed by atoms with Crippen LogP contribution >= 0.6 is 0 Å². The van der Waals surface area contributed by atoms with Crippen molar-refractivity contribution in [2.45, 2.75) is 223 Å². The van der Waals surface area contributed by atoms with Crippen LogP contribution in [0.4, 0.5) is 0 Å². The number of carbonyl (C=O) groups is 11. The van der Waals surface area contributed by atoms with Crippen molar-refractivity contribution in [2.75, 3.05) is 55.9 Å². The van der Waals surface area contributed by atoms with Gasteiger partial charge in [0.05, 0.1) is 12.6 Å². The molecule has 0 aromatic carbocycles. The quantitative estimate of drug-likeness (QED) is 0.148. The maximum atomic E-state index is 15.1. The molecule has 0 aromatic rings. The molecule has 0 bridgehead atoms. The van der Waals surface area contributed by atoms with Crippen LogP contribution in [0.15, 0.2) is 12.2 Å². The van der Waals surface area contributed by atoms with E-state index in [-0.39, 0.29) is 55.8 Å². The Morgan fingerprint density at radius 3 is 1.32 bits per heavy atom. The van der Waals surface area contributed by atoms with Crippen molar-refractivity contribution in [3.8, 4) is 0 Å². The average Bonchev–Trinajstić information content (AvgIpc) is 3.62. The van der Waals surface area contributed by atoms with Gasteiger partial charge in [-0.3, -0.25) is 52.7 Å². The van der Waals surface area contributed by atoms with Gasteiger partial charge in [-0.05, 0) is 101 Å². The van der Waals surface area contributed by atoms with E-state index in [0.29, 0.717) is 6.42 Å². The van der Waals surface area contributed by atoms with Gasteiger partial charge in [0.1, 0.15) is 60.4 Å². The summed E-state index contributed by atoms with van der Waals surface area (Å²) in [7, 11) is 9.92. The number of hydrogen-bond acceptors (Lipinski definition) is 12. The van der Waals surface area contributed by atoms with E-state index in [4.69, 9.17) is 0 Å². The molecule has 5 N–H and O–H groups in total. The summed E-state index contributed by atoms with van der Waals surface area (Å²) < 4.78 is 0. The molecular weight excluding hydrogens is 1090 g/mol. The zero-order valence-electron chi connectivity index (χ0n) is 56.1. The predicted molar refractivity (Wildman–Crippen MR) is 328 cm³/mol. The smallest absolute Gasteiger partial charge is 0.246 e. The van der Waals surface area contributed by atoms with Crippen molar-refractivity contribution in [3.63, 3.8) is 0 Å². The van der Waals surface area contributed by atoms with Gasteiger partial charge < -0.3 is 60.7 Å². The van der Waals surface area contributed by atoms with Crippen molar-refractivity contribution >= 4 is 65.0 Å². The number of rotatable bonds is 15. The lowest BCUT2D eigenvalue weighted by molar-refractivity contribution is -0.157. The zero-order valence-corrected chi connectivity index (χ0v) is 56.1. The van der Waals surface area contributed by atoms with E-state index < -0.39 is 156 Å². The number of aliphatic hydroxyl groups is 1. The van der Waals surface area contributed by atoms with E-state index in [9.17, 15) is 48.3 Å². The van der Waals surface area contributed by atoms with Gasteiger partial charge in [0, 0.05) is 49.3 Å². The van der Waals surface area contributed by atoms with E-state index in [1.165, 1.54) is 87.7 Å². The Bertz CT molecular complexity index is 2330. The van der Waals surface area contributed by atoms with Gasteiger partial charge in [0.2, 0.25) is 65.0 Å². The number of amides is 11. The fourth-order valence-electron chi connectivity index (χ4n) is 10.7. The van der Waals surface area contributed by atoms with Crippen LogP contribution in [-0.2, 0) is 52.7 Å². The molecule has 1 aliphatic rings. The monoisotopic (exact) mass is 1200 g/mol. The minimum Gasteiger partial charge on any atom is -0.390 e. The first-order chi connectivity index (χ1) is 39.2. The molecule has 1 heterocycles. The molecule has 1 fully saturated rings. The molecule has 0 saturated carbocycles. The molecular formula is C62H111N11O12. The van der Waals surface area contributed by atoms with Crippen LogP contribution in [-0.4, -0.2) is 227 Å². The highest BCUT2D eigenvalue weighted by atomic mass is 16.3. The SMILES string of the molecule is C/C=C/C[C@@H](C)C(O)[C@H]1C(=O)N[C@@H](CC)C(=O)N(C)CC(=O)N(C)[C@@H](CC(C)C)C(=O)NC(C(C)C)C(=O)N(C)[C@@H](CC(C)C)C(=O)N[C@@H](C)C(=O)N[C@H](C)C(=O)N(C)[C@@H](CC(C)C)C(=O)N(C)[C@@H](CC(C)C)C(=O)N(C)C(C(C)C)C(=O)N1C. The molecule has 23 nitrogen and oxygen atoms in total. The lowest BCUT2D eigenvalue weighted by atomic mass is 9.91. The standard InChI is InChI=1S/C62H111N11O12/c1-25-27-28-40(15)52(75)51-56(79)65-43(26-2)58(81)67(18)33-48(74)68(19)44(29-34(3)4)55(78)66-49(38(11)12)61(84)69(20)45(30-35(5)6)54(77)63-41(16)53(76)64-42(17)57(80)70(21)46(31-36(7)8)59(82)71(22)47(32-37(9)10)60(83)72(23)50(39(13)14)62(85)73(51)24/h25,27,34-47,49-52,75H,26,28-33H2,1-24H3,(H,63,77)(H,64,76)(H,65,79)(H,66,78)/b27-25+/t40-,41+,42-,43+,44+,45+,46+,47+,49?,50?,51+,52?/m1/s1. The topological polar surface area (TPSA) is 279 Å². The van der Waals surface area contributed by atoms with Crippen LogP contribution in [0.5, 0.6) is 0 Å². The number of hydrogen-bond donors (Lipinski definition) is 5. The van der Waals surface area contributed by atoms with E-state index in [2.05, 4.69) is 21.3 Å². The summed E-state index contributed by atoms with van der Waals surface area (Å²) in [6.07, 6.45) is 3.04. The minimum atomic E-state index is -1.61. The molecule has 23 heteroatoms. The second-order valence-electron chi connectivity index (χ2n) is 26.1. The number of nitrogens with one attached hydrogen (secondary N) is 4. The molecule has 1 rings (SSSR count). The Morgan fingerprint density at radius 2 is 0.871 bits per heavy atom. The van der Waals surface area contributed by atoms with Gasteiger partial charge in [-0.2, -0.15) is 0 Å². The Kier molecular flexibility index (Phi) is 31.5. The van der Waals surface area contributed by atoms with Crippen molar-refractivity contribution in [2.24, 2.45) is 41.4 Å². The summed E-state index contributed by atoms with van der Waals surface area (Å²) in [4.78, 5) is 169. The van der Waals surface area contributed by atoms with Crippen LogP contribution in [0.3, 0.4) is 0 Å². The number of likely N-dealkylation sites (N-methyl/N-ethyl adjacent to an activating group) is 7. The van der Waals surface area contributed by atoms with E-state index in [0.717, 1.165) is 9.80 Å². The second-order valence-corrected chi connectivity index (χ2v) is 26.1. The zero-order chi connectivity index (χ0) is 66.0. The number of aliphatic hydroxyl groups excluding tert-OH is 1. The predicted octanol–water partition coefficient (Wildman–Crippen LogP) is 3.27. The third-order valence-corrected chi connectivity index (χ3v) is 16.1. The Labute approximate surface area is 508 Å². The molecule has 85 heavy (non-hydrogen) atoms. The van der Waals surface area contributed by atoms with Crippen LogP contribution in [0.25, 0.3) is 0 Å². The Morgan fingerprint density at radius 1 is 0.459 bits per heavy atom. The molecule has 12 atom stereocenters. The molecule has 3 unspecified atom stereocenters. The maximum absolute atomic E-state index is 15.1. The highest BCUT2D eigenvalue weighted by molar-refractivity contribution is 5.99. The highest BCUT2D eigenvalue weighted by Gasteiger charge is 2.45. The first kappa shape index (κ1) is 76.9. The lowest BCUT2D eigenvalue weighted by Crippen LogP contribution is -2.63. The Balaban J connectivity index is 4.32. The molecule has 486 valence electrons. The summed E-state index contributed by atoms with van der Waals surface area (Å²) >= 11 is 0. The number of carbonyl (C=O) groups excluding carboxylic acids is 11. The van der Waals surface area contributed by atoms with Crippen LogP contribution < -0.4 is 21.3 Å². The van der Waals surface area contributed by atoms with Crippen molar-refractivity contribution in [1.29, 1.82) is 0 Å². The second kappa shape index (κ2) is 34.9. The summed E-state index contributed by atoms with van der Waals surface area (Å²) in [5.41, 5.74) is 0. The van der Waals surface area contributed by atoms with Gasteiger partial charge in [0.25, 0.3) is 0 Å². The third-order valence-electron chi connectivity index (χ3n) is 16.1. The van der Waals surface area contributed by atoms with Crippen molar-refractivity contribution in [3.05, 3.63) is 12.2 Å². The van der Waals surface area contributed by atoms with Crippen LogP contribution in [0, 0.1) is 41.4 Å². The first-order valence-electron chi connectivity index (χ1n) is 30.6. The van der Waals surface area contributed by atoms with Gasteiger partial charge in [0.15, 0.2) is 0 Å². The molecule has 1 saturated heterocycles. The fraction of sp³-hybridized carbons (Fsp3) is 0.790. The summed E-state index contributed by atoms with van der Waals surface area (Å²) in [5, 5.41) is 23.1. The maximum Gasteiger partial charge on any atom is 0.246 e. The first-order valence-corrected chi connectivity index (χ1v) is 30.6. The molecule has 1 aliphatic heterocycles. The molecule has 0 aliphatic carbocycles. The molecule has 11 amide bonds. The summed E-state index contributed by atoms with van der Waals surface area (Å²) in [6, 6.07) is -12.3. The number of allylic oxidation sites excluding steroid dienone is 2. The van der Waals surface area contributed by atoms with E-state index >= 15 is 9.59 Å². The summed E-state index contributed by atoms with van der Waals surface area (Å²) in [5.74, 6) is -9.71. The van der Waals surface area contributed by atoms with Crippen molar-refractivity contribution < 1.29 is 57.8 Å². The van der Waals surface area contributed by atoms with Crippen molar-refractivity contribution in [1.82, 2.24) is 55.6 Å². The van der Waals surface area contributed by atoms with Crippen LogP contribution in [0.2, 0.25) is 0 Å². The number of nitrogens with zero attached hydrogens (tertiary/aromatic N) is 7.